The molecular weight excluding hydrogens is 288 g/mol. The molecule has 1 fully saturated rings. The number of hydrogen-bond acceptors (Lipinski definition) is 3. The number of nitrogens with two attached hydrogens (primary N) is 1. The van der Waals surface area contributed by atoms with Crippen LogP contribution in [0.3, 0.4) is 0 Å². The molecule has 1 aliphatic rings. The predicted molar refractivity (Wildman–Crippen MR) is 72.5 cm³/mol. The van der Waals surface area contributed by atoms with Gasteiger partial charge in [0.05, 0.1) is 4.90 Å². The van der Waals surface area contributed by atoms with Crippen molar-refractivity contribution in [3.05, 3.63) is 28.8 Å². The molecule has 2 rings (SSSR count). The van der Waals surface area contributed by atoms with Crippen LogP contribution in [0.25, 0.3) is 0 Å². The Hall–Kier alpha value is -1.11. The number of amides is 1. The van der Waals surface area contributed by atoms with E-state index in [1.807, 2.05) is 0 Å². The van der Waals surface area contributed by atoms with E-state index in [1.165, 1.54) is 18.2 Å². The second-order valence-corrected chi connectivity index (χ2v) is 6.85. The van der Waals surface area contributed by atoms with Crippen LogP contribution in [0.4, 0.5) is 0 Å². The number of rotatable bonds is 4. The lowest BCUT2D eigenvalue weighted by molar-refractivity contribution is 0.0788. The summed E-state index contributed by atoms with van der Waals surface area (Å²) in [6, 6.07) is 3.93. The molecule has 1 amide bonds. The van der Waals surface area contributed by atoms with Gasteiger partial charge in [0.1, 0.15) is 0 Å². The molecule has 0 radical (unpaired) electrons. The van der Waals surface area contributed by atoms with Crippen LogP contribution in [0, 0.1) is 5.92 Å². The molecule has 104 valence electrons. The van der Waals surface area contributed by atoms with Gasteiger partial charge in [-0.25, -0.2) is 13.6 Å². The molecule has 5 nitrogen and oxygen atoms in total. The minimum absolute atomic E-state index is 0.150. The van der Waals surface area contributed by atoms with Gasteiger partial charge in [-0.2, -0.15) is 0 Å². The van der Waals surface area contributed by atoms with E-state index in [0.717, 1.165) is 12.8 Å². The Morgan fingerprint density at radius 3 is 2.58 bits per heavy atom. The molecule has 1 aromatic carbocycles. The summed E-state index contributed by atoms with van der Waals surface area (Å²) in [5.41, 5.74) is 0.236. The first-order chi connectivity index (χ1) is 8.77. The van der Waals surface area contributed by atoms with E-state index in [4.69, 9.17) is 16.7 Å². The topological polar surface area (TPSA) is 80.5 Å². The number of sulfonamides is 1. The largest absolute Gasteiger partial charge is 0.341 e. The first-order valence-electron chi connectivity index (χ1n) is 5.86. The predicted octanol–water partition coefficient (Wildman–Crippen LogP) is 1.47. The van der Waals surface area contributed by atoms with Crippen LogP contribution in [-0.4, -0.2) is 32.8 Å². The van der Waals surface area contributed by atoms with E-state index in [0.29, 0.717) is 12.5 Å². The Morgan fingerprint density at radius 1 is 1.42 bits per heavy atom. The molecule has 1 aromatic rings. The lowest BCUT2D eigenvalue weighted by atomic mass is 10.2. The second kappa shape index (κ2) is 5.11. The third-order valence-corrected chi connectivity index (χ3v) is 4.13. The minimum Gasteiger partial charge on any atom is -0.341 e. The lowest BCUT2D eigenvalue weighted by Gasteiger charge is -2.17. The van der Waals surface area contributed by atoms with Crippen LogP contribution in [0.2, 0.25) is 5.02 Å². The van der Waals surface area contributed by atoms with Crippen molar-refractivity contribution >= 4 is 27.5 Å². The molecule has 0 heterocycles. The van der Waals surface area contributed by atoms with Crippen LogP contribution in [-0.2, 0) is 10.0 Å². The van der Waals surface area contributed by atoms with Crippen LogP contribution >= 0.6 is 11.6 Å². The molecule has 1 aliphatic carbocycles. The Labute approximate surface area is 117 Å². The summed E-state index contributed by atoms with van der Waals surface area (Å²) in [5.74, 6) is 0.310. The molecule has 0 bridgehead atoms. The molecule has 0 aliphatic heterocycles. The van der Waals surface area contributed by atoms with Gasteiger partial charge in [0.25, 0.3) is 5.91 Å². The molecule has 0 atom stereocenters. The van der Waals surface area contributed by atoms with Crippen molar-refractivity contribution in [3.8, 4) is 0 Å². The standard InChI is InChI=1S/C12H15ClN2O3S/c1-15(7-8-2-3-8)12(16)9-4-10(13)6-11(5-9)19(14,17)18/h4-6,8H,2-3,7H2,1H3,(H2,14,17,18). The summed E-state index contributed by atoms with van der Waals surface area (Å²) in [7, 11) is -2.18. The summed E-state index contributed by atoms with van der Waals surface area (Å²) in [6.45, 7) is 0.677. The highest BCUT2D eigenvalue weighted by molar-refractivity contribution is 7.89. The number of hydrogen-bond donors (Lipinski definition) is 1. The minimum atomic E-state index is -3.87. The third-order valence-electron chi connectivity index (χ3n) is 3.02. The number of nitrogens with zero attached hydrogens (tertiary/aromatic N) is 1. The Morgan fingerprint density at radius 2 is 2.05 bits per heavy atom. The fourth-order valence-electron chi connectivity index (χ4n) is 1.84. The quantitative estimate of drug-likeness (QED) is 0.914. The average molecular weight is 303 g/mol. The van der Waals surface area contributed by atoms with Crippen molar-refractivity contribution in [1.82, 2.24) is 4.90 Å². The second-order valence-electron chi connectivity index (χ2n) is 4.85. The molecule has 0 unspecified atom stereocenters. The van der Waals surface area contributed by atoms with E-state index in [1.54, 1.807) is 11.9 Å². The highest BCUT2D eigenvalue weighted by Crippen LogP contribution is 2.30. The maximum absolute atomic E-state index is 12.2. The van der Waals surface area contributed by atoms with Gasteiger partial charge in [-0.05, 0) is 37.0 Å². The summed E-state index contributed by atoms with van der Waals surface area (Å²) in [6.07, 6.45) is 2.27. The molecule has 19 heavy (non-hydrogen) atoms. The molecule has 0 spiro atoms. The fourth-order valence-corrected chi connectivity index (χ4v) is 2.72. The molecule has 1 saturated carbocycles. The maximum Gasteiger partial charge on any atom is 0.253 e. The van der Waals surface area contributed by atoms with Gasteiger partial charge in [0.15, 0.2) is 0 Å². The van der Waals surface area contributed by atoms with Gasteiger partial charge in [-0.1, -0.05) is 11.6 Å². The Balaban J connectivity index is 2.28. The van der Waals surface area contributed by atoms with Crippen molar-refractivity contribution in [2.75, 3.05) is 13.6 Å². The van der Waals surface area contributed by atoms with Gasteiger partial charge < -0.3 is 4.90 Å². The van der Waals surface area contributed by atoms with Crippen molar-refractivity contribution in [3.63, 3.8) is 0 Å². The van der Waals surface area contributed by atoms with E-state index >= 15 is 0 Å². The Kier molecular flexibility index (Phi) is 3.85. The third kappa shape index (κ3) is 3.68. The average Bonchev–Trinajstić information content (AvgIpc) is 3.09. The van der Waals surface area contributed by atoms with Crippen LogP contribution in [0.5, 0.6) is 0 Å². The van der Waals surface area contributed by atoms with E-state index in [-0.39, 0.29) is 21.4 Å². The number of primary sulfonamides is 1. The van der Waals surface area contributed by atoms with Gasteiger partial charge in [-0.3, -0.25) is 4.79 Å². The van der Waals surface area contributed by atoms with Gasteiger partial charge in [0.2, 0.25) is 10.0 Å². The van der Waals surface area contributed by atoms with E-state index < -0.39 is 10.0 Å². The van der Waals surface area contributed by atoms with Gasteiger partial charge >= 0.3 is 0 Å². The molecule has 0 saturated heterocycles. The highest BCUT2D eigenvalue weighted by Gasteiger charge is 2.25. The van der Waals surface area contributed by atoms with E-state index in [9.17, 15) is 13.2 Å². The highest BCUT2D eigenvalue weighted by atomic mass is 35.5. The molecular formula is C12H15ClN2O3S. The zero-order valence-electron chi connectivity index (χ0n) is 10.5. The van der Waals surface area contributed by atoms with Crippen molar-refractivity contribution in [1.29, 1.82) is 0 Å². The summed E-state index contributed by atoms with van der Waals surface area (Å²) >= 11 is 5.83. The summed E-state index contributed by atoms with van der Waals surface area (Å²) in [4.78, 5) is 13.6. The van der Waals surface area contributed by atoms with Gasteiger partial charge in [-0.15, -0.1) is 0 Å². The van der Waals surface area contributed by atoms with Crippen LogP contribution in [0.1, 0.15) is 23.2 Å². The van der Waals surface area contributed by atoms with Crippen molar-refractivity contribution in [2.24, 2.45) is 11.1 Å². The number of halogens is 1. The monoisotopic (exact) mass is 302 g/mol. The molecule has 2 N–H and O–H groups in total. The smallest absolute Gasteiger partial charge is 0.253 e. The number of carbonyl (C=O) groups is 1. The summed E-state index contributed by atoms with van der Waals surface area (Å²) in [5, 5.41) is 5.23. The first-order valence-corrected chi connectivity index (χ1v) is 7.78. The SMILES string of the molecule is CN(CC1CC1)C(=O)c1cc(Cl)cc(S(N)(=O)=O)c1. The number of carbonyl (C=O) groups excluding carboxylic acids is 1. The molecule has 7 heteroatoms. The van der Waals surface area contributed by atoms with Crippen LogP contribution in [0.15, 0.2) is 23.1 Å². The van der Waals surface area contributed by atoms with Gasteiger partial charge in [0, 0.05) is 24.2 Å². The van der Waals surface area contributed by atoms with Crippen molar-refractivity contribution in [2.45, 2.75) is 17.7 Å². The van der Waals surface area contributed by atoms with Crippen LogP contribution < -0.4 is 5.14 Å². The van der Waals surface area contributed by atoms with E-state index in [2.05, 4.69) is 0 Å². The number of benzene rings is 1. The zero-order valence-corrected chi connectivity index (χ0v) is 12.0. The molecule has 0 aromatic heterocycles. The maximum atomic E-state index is 12.2. The first kappa shape index (κ1) is 14.3. The summed E-state index contributed by atoms with van der Waals surface area (Å²) < 4.78 is 22.6. The zero-order chi connectivity index (χ0) is 14.2. The fraction of sp³-hybridized carbons (Fsp3) is 0.417. The van der Waals surface area contributed by atoms with Crippen molar-refractivity contribution < 1.29 is 13.2 Å². The Bertz CT molecular complexity index is 611. The lowest BCUT2D eigenvalue weighted by Crippen LogP contribution is -2.29. The normalized spacial score (nSPS) is 15.3.